The van der Waals surface area contributed by atoms with E-state index >= 15 is 0 Å². The van der Waals surface area contributed by atoms with Crippen molar-refractivity contribution in [3.05, 3.63) is 42.0 Å². The number of carbonyl (C=O) groups is 1. The third kappa shape index (κ3) is 5.75. The molecule has 232 valence electrons. The molecule has 5 heteroatoms. The van der Waals surface area contributed by atoms with Gasteiger partial charge in [0.1, 0.15) is 0 Å². The smallest absolute Gasteiger partial charge is 0.222 e. The number of hydrogen-bond acceptors (Lipinski definition) is 4. The van der Waals surface area contributed by atoms with E-state index in [1.165, 1.54) is 31.2 Å². The molecule has 0 spiro atoms. The number of nitrogens with zero attached hydrogens (tertiary/aromatic N) is 2. The molecule has 0 aromatic heterocycles. The Labute approximate surface area is 254 Å². The van der Waals surface area contributed by atoms with Gasteiger partial charge in [0.2, 0.25) is 5.91 Å². The van der Waals surface area contributed by atoms with E-state index in [9.17, 15) is 15.0 Å². The summed E-state index contributed by atoms with van der Waals surface area (Å²) in [5.74, 6) is 3.61. The van der Waals surface area contributed by atoms with Gasteiger partial charge in [0.05, 0.1) is 12.2 Å². The molecular formula is C37H56N2O3. The average molecular weight is 577 g/mol. The summed E-state index contributed by atoms with van der Waals surface area (Å²) in [6.45, 7) is 12.0. The highest BCUT2D eigenvalue weighted by molar-refractivity contribution is 5.76. The SMILES string of the molecule is C[C@H](CCC(=O)N1CCN(C/C=C/c2ccccc2)CC1)C1CC[C@H]2[C@@H]3[C@@H](O)C[C@@H]4C[C@H](O)CC[C@]4(C)[C@H]3CC[C@]12C. The van der Waals surface area contributed by atoms with Crippen molar-refractivity contribution in [2.45, 2.75) is 97.2 Å². The maximum absolute atomic E-state index is 13.3. The lowest BCUT2D eigenvalue weighted by Gasteiger charge is -2.62. The minimum absolute atomic E-state index is 0.175. The van der Waals surface area contributed by atoms with Gasteiger partial charge in [-0.3, -0.25) is 9.69 Å². The van der Waals surface area contributed by atoms with Gasteiger partial charge in [-0.2, -0.15) is 0 Å². The van der Waals surface area contributed by atoms with Crippen molar-refractivity contribution in [3.8, 4) is 0 Å². The second-order valence-electron chi connectivity index (χ2n) is 15.5. The lowest BCUT2D eigenvalue weighted by molar-refractivity contribution is -0.174. The van der Waals surface area contributed by atoms with Gasteiger partial charge in [-0.1, -0.05) is 63.3 Å². The van der Waals surface area contributed by atoms with Gasteiger partial charge in [0.25, 0.3) is 0 Å². The normalized spacial score (nSPS) is 41.3. The molecule has 1 unspecified atom stereocenters. The predicted molar refractivity (Wildman–Crippen MR) is 170 cm³/mol. The van der Waals surface area contributed by atoms with E-state index in [1.54, 1.807) is 0 Å². The van der Waals surface area contributed by atoms with Crippen LogP contribution < -0.4 is 0 Å². The number of carbonyl (C=O) groups excluding carboxylic acids is 1. The largest absolute Gasteiger partial charge is 0.393 e. The highest BCUT2D eigenvalue weighted by Gasteiger charge is 2.62. The zero-order valence-electron chi connectivity index (χ0n) is 26.5. The summed E-state index contributed by atoms with van der Waals surface area (Å²) in [7, 11) is 0. The maximum Gasteiger partial charge on any atom is 0.222 e. The van der Waals surface area contributed by atoms with E-state index in [0.717, 1.165) is 64.8 Å². The van der Waals surface area contributed by atoms with E-state index < -0.39 is 0 Å². The molecule has 5 fully saturated rings. The van der Waals surface area contributed by atoms with Gasteiger partial charge in [0.15, 0.2) is 0 Å². The van der Waals surface area contributed by atoms with Crippen LogP contribution in [-0.2, 0) is 4.79 Å². The molecule has 10 atom stereocenters. The Hall–Kier alpha value is -1.69. The summed E-state index contributed by atoms with van der Waals surface area (Å²) in [6, 6.07) is 10.4. The van der Waals surface area contributed by atoms with Gasteiger partial charge in [-0.15, -0.1) is 0 Å². The Bertz CT molecular complexity index is 1100. The van der Waals surface area contributed by atoms with Crippen molar-refractivity contribution in [3.63, 3.8) is 0 Å². The molecule has 5 aliphatic rings. The molecule has 0 bridgehead atoms. The van der Waals surface area contributed by atoms with Crippen molar-refractivity contribution in [2.75, 3.05) is 32.7 Å². The fraction of sp³-hybridized carbons (Fsp3) is 0.757. The summed E-state index contributed by atoms with van der Waals surface area (Å²) in [6.07, 6.45) is 14.5. The quantitative estimate of drug-likeness (QED) is 0.403. The number of benzene rings is 1. The fourth-order valence-corrected chi connectivity index (χ4v) is 11.0. The van der Waals surface area contributed by atoms with Gasteiger partial charge in [-0.25, -0.2) is 0 Å². The number of hydrogen-bond donors (Lipinski definition) is 2. The van der Waals surface area contributed by atoms with Gasteiger partial charge >= 0.3 is 0 Å². The summed E-state index contributed by atoms with van der Waals surface area (Å²) >= 11 is 0. The van der Waals surface area contributed by atoms with Crippen LogP contribution in [0.2, 0.25) is 0 Å². The Kier molecular flexibility index (Phi) is 8.93. The first-order chi connectivity index (χ1) is 20.2. The lowest BCUT2D eigenvalue weighted by atomic mass is 9.43. The molecular weight excluding hydrogens is 520 g/mol. The number of amides is 1. The van der Waals surface area contributed by atoms with Crippen LogP contribution >= 0.6 is 0 Å². The topological polar surface area (TPSA) is 64.0 Å². The number of aliphatic hydroxyl groups excluding tert-OH is 2. The number of fused-ring (bicyclic) bond motifs is 5. The van der Waals surface area contributed by atoms with Gasteiger partial charge < -0.3 is 15.1 Å². The zero-order valence-corrected chi connectivity index (χ0v) is 26.5. The molecule has 1 aromatic rings. The fourth-order valence-electron chi connectivity index (χ4n) is 11.0. The minimum atomic E-state index is -0.217. The molecule has 6 rings (SSSR count). The van der Waals surface area contributed by atoms with E-state index in [1.807, 2.05) is 6.07 Å². The van der Waals surface area contributed by atoms with Crippen LogP contribution in [0.3, 0.4) is 0 Å². The third-order valence-electron chi connectivity index (χ3n) is 13.4. The monoisotopic (exact) mass is 576 g/mol. The summed E-state index contributed by atoms with van der Waals surface area (Å²) in [5.41, 5.74) is 1.79. The van der Waals surface area contributed by atoms with E-state index in [2.05, 4.69) is 67.0 Å². The molecule has 2 N–H and O–H groups in total. The second kappa shape index (κ2) is 12.4. The molecule has 4 aliphatic carbocycles. The Morgan fingerprint density at radius 3 is 2.43 bits per heavy atom. The van der Waals surface area contributed by atoms with E-state index in [-0.39, 0.29) is 23.0 Å². The van der Waals surface area contributed by atoms with Crippen LogP contribution in [0.1, 0.15) is 90.5 Å². The number of piperazine rings is 1. The highest BCUT2D eigenvalue weighted by atomic mass is 16.3. The molecule has 42 heavy (non-hydrogen) atoms. The van der Waals surface area contributed by atoms with Crippen LogP contribution in [0.4, 0.5) is 0 Å². The summed E-state index contributed by atoms with van der Waals surface area (Å²) < 4.78 is 0. The molecule has 4 saturated carbocycles. The third-order valence-corrected chi connectivity index (χ3v) is 13.4. The number of aliphatic hydroxyl groups is 2. The Morgan fingerprint density at radius 1 is 0.952 bits per heavy atom. The molecule has 1 saturated heterocycles. The molecule has 1 aliphatic heterocycles. The first-order valence-corrected chi connectivity index (χ1v) is 17.3. The minimum Gasteiger partial charge on any atom is -0.393 e. The van der Waals surface area contributed by atoms with Gasteiger partial charge in [0, 0.05) is 39.1 Å². The van der Waals surface area contributed by atoms with Crippen LogP contribution in [0.15, 0.2) is 36.4 Å². The van der Waals surface area contributed by atoms with Crippen LogP contribution in [0.25, 0.3) is 6.08 Å². The standard InChI is InChI=1S/C37H56N2O3/c1-26(11-14-34(42)39-22-20-38(21-23-39)19-7-10-27-8-5-4-6-9-27)30-12-13-31-35-32(16-18-37(30,31)3)36(2)17-15-29(40)24-28(36)25-33(35)41/h4-10,26,28-33,35,40-41H,11-25H2,1-3H3/b10-7+/t26-,28+,29-,30?,31+,32+,33+,35+,36+,37-/m1/s1. The van der Waals surface area contributed by atoms with Crippen LogP contribution in [0.5, 0.6) is 0 Å². The van der Waals surface area contributed by atoms with E-state index in [0.29, 0.717) is 47.8 Å². The molecule has 5 nitrogen and oxygen atoms in total. The zero-order chi connectivity index (χ0) is 29.5. The average Bonchev–Trinajstić information content (AvgIpc) is 3.35. The van der Waals surface area contributed by atoms with Crippen molar-refractivity contribution >= 4 is 12.0 Å². The van der Waals surface area contributed by atoms with Crippen LogP contribution in [-0.4, -0.2) is 70.9 Å². The first-order valence-electron chi connectivity index (χ1n) is 17.3. The van der Waals surface area contributed by atoms with Crippen molar-refractivity contribution in [1.29, 1.82) is 0 Å². The molecule has 1 heterocycles. The first kappa shape index (κ1) is 30.3. The van der Waals surface area contributed by atoms with Gasteiger partial charge in [-0.05, 0) is 110 Å². The van der Waals surface area contributed by atoms with E-state index in [4.69, 9.17) is 0 Å². The molecule has 1 amide bonds. The predicted octanol–water partition coefficient (Wildman–Crippen LogP) is 6.25. The molecule has 0 radical (unpaired) electrons. The highest BCUT2D eigenvalue weighted by Crippen LogP contribution is 2.68. The lowest BCUT2D eigenvalue weighted by Crippen LogP contribution is -2.58. The summed E-state index contributed by atoms with van der Waals surface area (Å²) in [5, 5.41) is 21.9. The summed E-state index contributed by atoms with van der Waals surface area (Å²) in [4.78, 5) is 17.8. The Balaban J connectivity index is 0.995. The van der Waals surface area contributed by atoms with Crippen molar-refractivity contribution in [2.24, 2.45) is 46.3 Å². The van der Waals surface area contributed by atoms with Crippen molar-refractivity contribution < 1.29 is 15.0 Å². The number of rotatable bonds is 7. The second-order valence-corrected chi connectivity index (χ2v) is 15.5. The van der Waals surface area contributed by atoms with Crippen molar-refractivity contribution in [1.82, 2.24) is 9.80 Å². The molecule has 1 aromatic carbocycles. The Morgan fingerprint density at radius 2 is 1.67 bits per heavy atom. The van der Waals surface area contributed by atoms with Crippen LogP contribution in [0, 0.1) is 46.3 Å². The maximum atomic E-state index is 13.3.